The van der Waals surface area contributed by atoms with E-state index < -0.39 is 0 Å². The molecule has 3 rings (SSSR count). The summed E-state index contributed by atoms with van der Waals surface area (Å²) in [4.78, 5) is 2.48. The van der Waals surface area contributed by atoms with Gasteiger partial charge in [-0.25, -0.2) is 0 Å². The van der Waals surface area contributed by atoms with E-state index in [4.69, 9.17) is 9.47 Å². The highest BCUT2D eigenvalue weighted by Gasteiger charge is 2.31. The van der Waals surface area contributed by atoms with Gasteiger partial charge in [0.1, 0.15) is 11.5 Å². The molecule has 1 fully saturated rings. The van der Waals surface area contributed by atoms with Gasteiger partial charge >= 0.3 is 0 Å². The van der Waals surface area contributed by atoms with Crippen molar-refractivity contribution in [2.75, 3.05) is 33.4 Å². The Balaban J connectivity index is 2.21. The van der Waals surface area contributed by atoms with Crippen LogP contribution in [0.3, 0.4) is 0 Å². The minimum absolute atomic E-state index is 0.0996. The maximum atomic E-state index is 11.2. The van der Waals surface area contributed by atoms with Crippen LogP contribution in [-0.2, 0) is 15.6 Å². The summed E-state index contributed by atoms with van der Waals surface area (Å²) in [6.45, 7) is 16.2. The molecule has 1 aliphatic rings. The molecular formula is C26H37NO3. The van der Waals surface area contributed by atoms with Gasteiger partial charge in [-0.15, -0.1) is 0 Å². The van der Waals surface area contributed by atoms with Gasteiger partial charge in [0.15, 0.2) is 0 Å². The monoisotopic (exact) mass is 411 g/mol. The average molecular weight is 412 g/mol. The molecule has 0 spiro atoms. The minimum atomic E-state index is -0.157. The van der Waals surface area contributed by atoms with Crippen LogP contribution in [0.5, 0.6) is 11.5 Å². The molecule has 0 aromatic heterocycles. The predicted octanol–water partition coefficient (Wildman–Crippen LogP) is 5.42. The largest absolute Gasteiger partial charge is 0.507 e. The van der Waals surface area contributed by atoms with Crippen LogP contribution in [0.25, 0.3) is 0 Å². The topological polar surface area (TPSA) is 41.9 Å². The maximum Gasteiger partial charge on any atom is 0.123 e. The molecule has 2 aromatic carbocycles. The van der Waals surface area contributed by atoms with E-state index >= 15 is 0 Å². The van der Waals surface area contributed by atoms with Crippen molar-refractivity contribution in [1.29, 1.82) is 0 Å². The molecule has 1 N–H and O–H groups in total. The number of aromatic hydroxyl groups is 1. The van der Waals surface area contributed by atoms with E-state index in [1.54, 1.807) is 7.11 Å². The first-order valence-electron chi connectivity index (χ1n) is 10.9. The van der Waals surface area contributed by atoms with Gasteiger partial charge < -0.3 is 14.6 Å². The van der Waals surface area contributed by atoms with Crippen molar-refractivity contribution in [2.45, 2.75) is 58.4 Å². The lowest BCUT2D eigenvalue weighted by atomic mass is 9.77. The summed E-state index contributed by atoms with van der Waals surface area (Å²) in [6, 6.07) is 12.9. The number of methoxy groups -OCH3 is 1. The Morgan fingerprint density at radius 2 is 1.37 bits per heavy atom. The van der Waals surface area contributed by atoms with Crippen LogP contribution in [0.1, 0.15) is 69.8 Å². The van der Waals surface area contributed by atoms with Crippen molar-refractivity contribution in [3.8, 4) is 11.5 Å². The second-order valence-electron chi connectivity index (χ2n) is 10.3. The number of phenolic OH excluding ortho intramolecular Hbond substituents is 1. The molecular weight excluding hydrogens is 374 g/mol. The molecule has 1 atom stereocenters. The van der Waals surface area contributed by atoms with Gasteiger partial charge in [0.05, 0.1) is 26.4 Å². The molecule has 30 heavy (non-hydrogen) atoms. The van der Waals surface area contributed by atoms with Gasteiger partial charge in [-0.2, -0.15) is 0 Å². The predicted molar refractivity (Wildman–Crippen MR) is 123 cm³/mol. The van der Waals surface area contributed by atoms with E-state index in [2.05, 4.69) is 70.7 Å². The van der Waals surface area contributed by atoms with Gasteiger partial charge in [-0.05, 0) is 57.3 Å². The SMILES string of the molecule is COc1ccc([C@H](c2cc(C(C)(C)C)c(O)c(C(C)(C)C)c2)N2CCOCC2)cc1. The number of phenols is 1. The van der Waals surface area contributed by atoms with Crippen LogP contribution in [-0.4, -0.2) is 43.4 Å². The molecule has 0 unspecified atom stereocenters. The van der Waals surface area contributed by atoms with Gasteiger partial charge in [0, 0.05) is 13.1 Å². The summed E-state index contributed by atoms with van der Waals surface area (Å²) in [5.74, 6) is 1.28. The van der Waals surface area contributed by atoms with Gasteiger partial charge in [0.25, 0.3) is 0 Å². The number of nitrogens with zero attached hydrogens (tertiary/aromatic N) is 1. The van der Waals surface area contributed by atoms with Crippen LogP contribution < -0.4 is 4.74 Å². The summed E-state index contributed by atoms with van der Waals surface area (Å²) in [6.07, 6.45) is 0. The second-order valence-corrected chi connectivity index (χ2v) is 10.3. The van der Waals surface area contributed by atoms with Crippen LogP contribution in [0.4, 0.5) is 0 Å². The van der Waals surface area contributed by atoms with Gasteiger partial charge in [-0.1, -0.05) is 53.7 Å². The van der Waals surface area contributed by atoms with Crippen LogP contribution in [0, 0.1) is 0 Å². The summed E-state index contributed by atoms with van der Waals surface area (Å²) >= 11 is 0. The van der Waals surface area contributed by atoms with Crippen molar-refractivity contribution in [3.63, 3.8) is 0 Å². The maximum absolute atomic E-state index is 11.2. The lowest BCUT2D eigenvalue weighted by molar-refractivity contribution is 0.0239. The molecule has 164 valence electrons. The van der Waals surface area contributed by atoms with Gasteiger partial charge in [0.2, 0.25) is 0 Å². The van der Waals surface area contributed by atoms with Crippen LogP contribution >= 0.6 is 0 Å². The van der Waals surface area contributed by atoms with E-state index in [-0.39, 0.29) is 16.9 Å². The fourth-order valence-electron chi connectivity index (χ4n) is 4.19. The van der Waals surface area contributed by atoms with Crippen molar-refractivity contribution in [2.24, 2.45) is 0 Å². The van der Waals surface area contributed by atoms with Crippen molar-refractivity contribution in [1.82, 2.24) is 4.90 Å². The van der Waals surface area contributed by atoms with E-state index in [1.807, 2.05) is 12.1 Å². The van der Waals surface area contributed by atoms with Gasteiger partial charge in [-0.3, -0.25) is 4.90 Å². The number of morpholine rings is 1. The molecule has 0 aliphatic carbocycles. The zero-order valence-corrected chi connectivity index (χ0v) is 19.6. The Bertz CT molecular complexity index is 818. The van der Waals surface area contributed by atoms with Crippen molar-refractivity contribution in [3.05, 3.63) is 58.7 Å². The molecule has 0 radical (unpaired) electrons. The number of hydrogen-bond donors (Lipinski definition) is 1. The Morgan fingerprint density at radius 1 is 0.867 bits per heavy atom. The first-order valence-corrected chi connectivity index (χ1v) is 10.9. The minimum Gasteiger partial charge on any atom is -0.507 e. The third kappa shape index (κ3) is 4.81. The smallest absolute Gasteiger partial charge is 0.123 e. The fraction of sp³-hybridized carbons (Fsp3) is 0.538. The highest BCUT2D eigenvalue weighted by atomic mass is 16.5. The molecule has 0 bridgehead atoms. The summed E-state index contributed by atoms with van der Waals surface area (Å²) in [5, 5.41) is 11.2. The summed E-state index contributed by atoms with van der Waals surface area (Å²) < 4.78 is 11.0. The summed E-state index contributed by atoms with van der Waals surface area (Å²) in [5.41, 5.74) is 4.12. The molecule has 0 amide bonds. The molecule has 4 heteroatoms. The van der Waals surface area contributed by atoms with E-state index in [9.17, 15) is 5.11 Å². The van der Waals surface area contributed by atoms with Crippen LogP contribution in [0.2, 0.25) is 0 Å². The number of rotatable bonds is 4. The quantitative estimate of drug-likeness (QED) is 0.730. The normalized spacial score (nSPS) is 17.0. The Hall–Kier alpha value is -2.04. The fourth-order valence-corrected chi connectivity index (χ4v) is 4.19. The molecule has 2 aromatic rings. The number of benzene rings is 2. The van der Waals surface area contributed by atoms with Crippen LogP contribution in [0.15, 0.2) is 36.4 Å². The zero-order chi connectivity index (χ0) is 22.1. The van der Waals surface area contributed by atoms with Crippen molar-refractivity contribution < 1.29 is 14.6 Å². The van der Waals surface area contributed by atoms with E-state index in [1.165, 1.54) is 11.1 Å². The third-order valence-electron chi connectivity index (χ3n) is 5.91. The van der Waals surface area contributed by atoms with Crippen molar-refractivity contribution >= 4 is 0 Å². The lowest BCUT2D eigenvalue weighted by Crippen LogP contribution is -2.39. The summed E-state index contributed by atoms with van der Waals surface area (Å²) in [7, 11) is 1.69. The highest BCUT2D eigenvalue weighted by molar-refractivity contribution is 5.52. The molecule has 1 heterocycles. The lowest BCUT2D eigenvalue weighted by Gasteiger charge is -2.37. The van der Waals surface area contributed by atoms with E-state index in [0.29, 0.717) is 5.75 Å². The van der Waals surface area contributed by atoms with E-state index in [0.717, 1.165) is 43.2 Å². The zero-order valence-electron chi connectivity index (χ0n) is 19.6. The molecule has 1 saturated heterocycles. The first-order chi connectivity index (χ1) is 14.0. The highest BCUT2D eigenvalue weighted by Crippen LogP contribution is 2.43. The molecule has 1 aliphatic heterocycles. The Kier molecular flexibility index (Phi) is 6.49. The third-order valence-corrected chi connectivity index (χ3v) is 5.91. The number of ether oxygens (including phenoxy) is 2. The molecule has 0 saturated carbocycles. The standard InChI is InChI=1S/C26H37NO3/c1-25(2,3)21-16-19(17-22(24(21)28)26(4,5)6)23(27-12-14-30-15-13-27)18-8-10-20(29-7)11-9-18/h8-11,16-17,23,28H,12-15H2,1-7H3/t23-/m1/s1. The number of hydrogen-bond acceptors (Lipinski definition) is 4. The second kappa shape index (κ2) is 8.60. The Labute approximate surface area is 181 Å². The Morgan fingerprint density at radius 3 is 1.80 bits per heavy atom. The molecule has 4 nitrogen and oxygen atoms in total. The first kappa shape index (κ1) is 22.6. The average Bonchev–Trinajstić information content (AvgIpc) is 2.69.